The van der Waals surface area contributed by atoms with E-state index in [1.807, 2.05) is 29.2 Å². The molecule has 3 amide bonds. The number of hydrogen-bond acceptors (Lipinski definition) is 7. The van der Waals surface area contributed by atoms with E-state index in [-0.39, 0.29) is 42.4 Å². The summed E-state index contributed by atoms with van der Waals surface area (Å²) in [4.78, 5) is 27.9. The van der Waals surface area contributed by atoms with E-state index in [0.717, 1.165) is 36.8 Å². The highest BCUT2D eigenvalue weighted by molar-refractivity contribution is 5.90. The number of aryl methyl sites for hydroxylation is 1. The predicted molar refractivity (Wildman–Crippen MR) is 147 cm³/mol. The minimum atomic E-state index is -0.640. The van der Waals surface area contributed by atoms with E-state index in [1.54, 1.807) is 23.9 Å². The normalized spacial score (nSPS) is 23.4. The number of urea groups is 1. The Labute approximate surface area is 232 Å². The second-order valence-electron chi connectivity index (χ2n) is 10.6. The molecule has 2 aromatic carbocycles. The van der Waals surface area contributed by atoms with Crippen molar-refractivity contribution in [3.8, 4) is 11.4 Å². The lowest BCUT2D eigenvalue weighted by atomic mass is 9.83. The number of hydrogen-bond donors (Lipinski definition) is 4. The molecule has 1 saturated heterocycles. The van der Waals surface area contributed by atoms with E-state index in [9.17, 15) is 19.1 Å². The number of tetrazole rings is 1. The fourth-order valence-electron chi connectivity index (χ4n) is 5.80. The van der Waals surface area contributed by atoms with Gasteiger partial charge in [-0.2, -0.15) is 0 Å². The topological polar surface area (TPSA) is 137 Å². The SMILES string of the molecule is Cn1nnnc1-c1cccc(NC(=O)NC2CCCCC2CN2CC(Cc3ccc(F)cc3)NC(=O)C2CO)c1. The first kappa shape index (κ1) is 27.7. The van der Waals surface area contributed by atoms with Gasteiger partial charge < -0.3 is 21.1 Å². The van der Waals surface area contributed by atoms with Gasteiger partial charge in [-0.3, -0.25) is 9.69 Å². The molecule has 0 radical (unpaired) electrons. The molecule has 5 rings (SSSR count). The number of anilines is 1. The van der Waals surface area contributed by atoms with Gasteiger partial charge in [0, 0.05) is 43.5 Å². The Hall–Kier alpha value is -3.90. The van der Waals surface area contributed by atoms with Crippen LogP contribution in [0.3, 0.4) is 0 Å². The van der Waals surface area contributed by atoms with Crippen molar-refractivity contribution >= 4 is 17.6 Å². The van der Waals surface area contributed by atoms with E-state index in [0.29, 0.717) is 31.0 Å². The molecule has 2 aliphatic rings. The number of carbonyl (C=O) groups is 2. The summed E-state index contributed by atoms with van der Waals surface area (Å²) in [6.45, 7) is 0.864. The average molecular weight is 551 g/mol. The van der Waals surface area contributed by atoms with Crippen LogP contribution in [-0.2, 0) is 18.3 Å². The fourth-order valence-corrected chi connectivity index (χ4v) is 5.80. The Bertz CT molecular complexity index is 1320. The van der Waals surface area contributed by atoms with Crippen molar-refractivity contribution in [3.05, 3.63) is 59.9 Å². The van der Waals surface area contributed by atoms with Gasteiger partial charge in [0.1, 0.15) is 11.9 Å². The molecular weight excluding hydrogens is 515 g/mol. The highest BCUT2D eigenvalue weighted by Crippen LogP contribution is 2.27. The molecule has 4 unspecified atom stereocenters. The number of carbonyl (C=O) groups excluding carboxylic acids is 2. The van der Waals surface area contributed by atoms with Crippen LogP contribution in [-0.4, -0.2) is 80.0 Å². The van der Waals surface area contributed by atoms with Crippen molar-refractivity contribution in [2.45, 2.75) is 50.2 Å². The van der Waals surface area contributed by atoms with Crippen LogP contribution in [0.1, 0.15) is 31.2 Å². The van der Waals surface area contributed by atoms with E-state index >= 15 is 0 Å². The van der Waals surface area contributed by atoms with Crippen LogP contribution in [0.4, 0.5) is 14.9 Å². The first-order valence-electron chi connectivity index (χ1n) is 13.7. The molecule has 40 heavy (non-hydrogen) atoms. The molecule has 0 bridgehead atoms. The molecular formula is C28H35FN8O3. The van der Waals surface area contributed by atoms with Gasteiger partial charge in [-0.05, 0) is 65.4 Å². The molecule has 212 valence electrons. The van der Waals surface area contributed by atoms with Gasteiger partial charge >= 0.3 is 6.03 Å². The van der Waals surface area contributed by atoms with Crippen molar-refractivity contribution in [1.29, 1.82) is 0 Å². The lowest BCUT2D eigenvalue weighted by Gasteiger charge is -2.42. The maximum atomic E-state index is 13.3. The van der Waals surface area contributed by atoms with Crippen molar-refractivity contribution in [2.75, 3.05) is 25.0 Å². The number of rotatable bonds is 8. The first-order chi connectivity index (χ1) is 19.4. The highest BCUT2D eigenvalue weighted by Gasteiger charge is 2.37. The quantitative estimate of drug-likeness (QED) is 0.337. The van der Waals surface area contributed by atoms with E-state index in [4.69, 9.17) is 0 Å². The van der Waals surface area contributed by atoms with Gasteiger partial charge in [0.2, 0.25) is 5.91 Å². The molecule has 2 heterocycles. The Morgan fingerprint density at radius 1 is 1.18 bits per heavy atom. The second kappa shape index (κ2) is 12.5. The number of amides is 3. The summed E-state index contributed by atoms with van der Waals surface area (Å²) < 4.78 is 14.9. The van der Waals surface area contributed by atoms with Crippen LogP contribution in [0, 0.1) is 11.7 Å². The molecule has 4 N–H and O–H groups in total. The Morgan fingerprint density at radius 2 is 1.98 bits per heavy atom. The summed E-state index contributed by atoms with van der Waals surface area (Å²) >= 11 is 0. The number of nitrogens with one attached hydrogen (secondary N) is 3. The van der Waals surface area contributed by atoms with Crippen LogP contribution in [0.2, 0.25) is 0 Å². The summed E-state index contributed by atoms with van der Waals surface area (Å²) in [5.74, 6) is 0.214. The number of aromatic nitrogens is 4. The van der Waals surface area contributed by atoms with Crippen molar-refractivity contribution in [1.82, 2.24) is 35.7 Å². The van der Waals surface area contributed by atoms with Gasteiger partial charge in [-0.25, -0.2) is 13.9 Å². The Kier molecular flexibility index (Phi) is 8.66. The summed E-state index contributed by atoms with van der Waals surface area (Å²) in [6, 6.07) is 12.5. The zero-order chi connectivity index (χ0) is 28.1. The molecule has 2 fully saturated rings. The van der Waals surface area contributed by atoms with Crippen molar-refractivity contribution in [2.24, 2.45) is 13.0 Å². The third-order valence-electron chi connectivity index (χ3n) is 7.81. The van der Waals surface area contributed by atoms with Crippen LogP contribution in [0.5, 0.6) is 0 Å². The first-order valence-corrected chi connectivity index (χ1v) is 13.7. The van der Waals surface area contributed by atoms with Gasteiger partial charge in [0.05, 0.1) is 6.61 Å². The molecule has 1 aliphatic carbocycles. The monoisotopic (exact) mass is 550 g/mol. The minimum Gasteiger partial charge on any atom is -0.394 e. The van der Waals surface area contributed by atoms with Gasteiger partial charge in [-0.1, -0.05) is 37.1 Å². The average Bonchev–Trinajstić information content (AvgIpc) is 3.37. The van der Waals surface area contributed by atoms with Crippen LogP contribution in [0.15, 0.2) is 48.5 Å². The molecule has 1 aromatic heterocycles. The third-order valence-corrected chi connectivity index (χ3v) is 7.81. The molecule has 0 spiro atoms. The third kappa shape index (κ3) is 6.62. The zero-order valence-electron chi connectivity index (χ0n) is 22.5. The van der Waals surface area contributed by atoms with Crippen LogP contribution in [0.25, 0.3) is 11.4 Å². The lowest BCUT2D eigenvalue weighted by Crippen LogP contribution is -2.63. The van der Waals surface area contributed by atoms with E-state index in [2.05, 4.69) is 31.5 Å². The maximum Gasteiger partial charge on any atom is 0.319 e. The Morgan fingerprint density at radius 3 is 2.73 bits per heavy atom. The smallest absolute Gasteiger partial charge is 0.319 e. The summed E-state index contributed by atoms with van der Waals surface area (Å²) in [5.41, 5.74) is 2.35. The van der Waals surface area contributed by atoms with Gasteiger partial charge in [-0.15, -0.1) is 5.10 Å². The fraction of sp³-hybridized carbons (Fsp3) is 0.464. The number of benzene rings is 2. The number of halogens is 1. The predicted octanol–water partition coefficient (Wildman–Crippen LogP) is 2.10. The Balaban J connectivity index is 1.22. The number of aliphatic hydroxyl groups excluding tert-OH is 1. The second-order valence-corrected chi connectivity index (χ2v) is 10.6. The minimum absolute atomic E-state index is 0.0697. The number of aliphatic hydroxyl groups is 1. The number of nitrogens with zero attached hydrogens (tertiary/aromatic N) is 5. The molecule has 12 heteroatoms. The zero-order valence-corrected chi connectivity index (χ0v) is 22.5. The molecule has 4 atom stereocenters. The summed E-state index contributed by atoms with van der Waals surface area (Å²) in [5, 5.41) is 30.7. The molecule has 1 aliphatic heterocycles. The van der Waals surface area contributed by atoms with Crippen molar-refractivity contribution in [3.63, 3.8) is 0 Å². The summed E-state index contributed by atoms with van der Waals surface area (Å²) in [7, 11) is 1.75. The van der Waals surface area contributed by atoms with Gasteiger partial charge in [0.15, 0.2) is 5.82 Å². The van der Waals surface area contributed by atoms with Crippen molar-refractivity contribution < 1.29 is 19.1 Å². The van der Waals surface area contributed by atoms with E-state index < -0.39 is 6.04 Å². The molecule has 3 aromatic rings. The largest absolute Gasteiger partial charge is 0.394 e. The van der Waals surface area contributed by atoms with Crippen LogP contribution >= 0.6 is 0 Å². The number of piperazine rings is 1. The van der Waals surface area contributed by atoms with Gasteiger partial charge in [0.25, 0.3) is 0 Å². The molecule has 1 saturated carbocycles. The maximum absolute atomic E-state index is 13.3. The highest BCUT2D eigenvalue weighted by atomic mass is 19.1. The standard InChI is InChI=1S/C28H35FN8O3/c1-36-26(33-34-35-36)19-6-4-7-22(14-19)31-28(40)32-24-8-3-2-5-20(24)15-37-16-23(30-27(39)25(37)17-38)13-18-9-11-21(29)12-10-18/h4,6-7,9-12,14,20,23-25,38H,2-3,5,8,13,15-17H2,1H3,(H,30,39)(H2,31,32,40). The summed E-state index contributed by atoms with van der Waals surface area (Å²) in [6.07, 6.45) is 4.37. The van der Waals surface area contributed by atoms with E-state index in [1.165, 1.54) is 12.1 Å². The molecule has 11 nitrogen and oxygen atoms in total. The van der Waals surface area contributed by atoms with Crippen LogP contribution < -0.4 is 16.0 Å². The lowest BCUT2D eigenvalue weighted by molar-refractivity contribution is -0.133.